The second-order valence-corrected chi connectivity index (χ2v) is 6.85. The zero-order chi connectivity index (χ0) is 16.8. The number of benzene rings is 1. The van der Waals surface area contributed by atoms with Crippen molar-refractivity contribution in [1.82, 2.24) is 9.80 Å². The number of rotatable bonds is 6. The quantitative estimate of drug-likeness (QED) is 0.755. The second kappa shape index (κ2) is 8.66. The highest BCUT2D eigenvalue weighted by atomic mass is 79.9. The first-order valence-electron chi connectivity index (χ1n) is 7.90. The largest absolute Gasteiger partial charge is 0.497 e. The van der Waals surface area contributed by atoms with Crippen LogP contribution in [-0.2, 0) is 4.74 Å². The number of nitrogens with zero attached hydrogens (tertiary/aromatic N) is 2. The molecule has 1 fully saturated rings. The van der Waals surface area contributed by atoms with E-state index in [1.54, 1.807) is 13.2 Å². The Morgan fingerprint density at radius 2 is 2.00 bits per heavy atom. The monoisotopic (exact) mass is 384 g/mol. The molecule has 2 rings (SSSR count). The van der Waals surface area contributed by atoms with Crippen molar-refractivity contribution in [3.63, 3.8) is 0 Å². The van der Waals surface area contributed by atoms with Crippen LogP contribution in [0.2, 0.25) is 0 Å². The Bertz CT molecular complexity index is 531. The molecule has 1 aliphatic heterocycles. The van der Waals surface area contributed by atoms with Crippen molar-refractivity contribution in [1.29, 1.82) is 0 Å². The number of methoxy groups -OCH3 is 1. The summed E-state index contributed by atoms with van der Waals surface area (Å²) in [6.07, 6.45) is 1.78. The lowest BCUT2D eigenvalue weighted by molar-refractivity contribution is 0.0275. The molecule has 23 heavy (non-hydrogen) atoms. The molecule has 0 saturated carbocycles. The van der Waals surface area contributed by atoms with Crippen molar-refractivity contribution >= 4 is 21.8 Å². The molecule has 0 radical (unpaired) electrons. The summed E-state index contributed by atoms with van der Waals surface area (Å²) < 4.78 is 11.5. The van der Waals surface area contributed by atoms with Gasteiger partial charge in [-0.2, -0.15) is 0 Å². The summed E-state index contributed by atoms with van der Waals surface area (Å²) >= 11 is 3.49. The molecular weight excluding hydrogens is 360 g/mol. The van der Waals surface area contributed by atoms with E-state index in [-0.39, 0.29) is 11.9 Å². The maximum absolute atomic E-state index is 13.1. The van der Waals surface area contributed by atoms with Gasteiger partial charge in [-0.15, -0.1) is 0 Å². The highest BCUT2D eigenvalue weighted by molar-refractivity contribution is 9.10. The first kappa shape index (κ1) is 18.2. The third-order valence-electron chi connectivity index (χ3n) is 4.08. The summed E-state index contributed by atoms with van der Waals surface area (Å²) in [6.45, 7) is 2.98. The van der Waals surface area contributed by atoms with E-state index in [1.807, 2.05) is 31.1 Å². The van der Waals surface area contributed by atoms with Crippen LogP contribution in [0.4, 0.5) is 0 Å². The van der Waals surface area contributed by atoms with E-state index in [2.05, 4.69) is 20.8 Å². The molecule has 0 bridgehead atoms. The molecule has 1 aromatic carbocycles. The fourth-order valence-electron chi connectivity index (χ4n) is 2.70. The number of ether oxygens (including phenoxy) is 2. The summed E-state index contributed by atoms with van der Waals surface area (Å²) in [4.78, 5) is 17.2. The zero-order valence-electron chi connectivity index (χ0n) is 14.0. The average molecular weight is 385 g/mol. The molecule has 5 nitrogen and oxygen atoms in total. The van der Waals surface area contributed by atoms with Crippen LogP contribution in [0.15, 0.2) is 22.7 Å². The van der Waals surface area contributed by atoms with Crippen molar-refractivity contribution in [2.45, 2.75) is 18.9 Å². The smallest absolute Gasteiger partial charge is 0.255 e. The fraction of sp³-hybridized carbons (Fsp3) is 0.588. The van der Waals surface area contributed by atoms with E-state index in [0.29, 0.717) is 17.9 Å². The minimum Gasteiger partial charge on any atom is -0.497 e. The van der Waals surface area contributed by atoms with Gasteiger partial charge in [0.25, 0.3) is 5.91 Å². The molecule has 1 heterocycles. The molecule has 0 spiro atoms. The van der Waals surface area contributed by atoms with Gasteiger partial charge in [-0.3, -0.25) is 4.79 Å². The van der Waals surface area contributed by atoms with E-state index in [9.17, 15) is 4.79 Å². The SMILES string of the molecule is COc1ccc(Br)c(C(=O)N(CCN(C)C)C2CCOCC2)c1. The lowest BCUT2D eigenvalue weighted by Crippen LogP contribution is -2.46. The molecule has 0 unspecified atom stereocenters. The van der Waals surface area contributed by atoms with Gasteiger partial charge in [0, 0.05) is 36.8 Å². The van der Waals surface area contributed by atoms with Crippen LogP contribution >= 0.6 is 15.9 Å². The number of hydrogen-bond acceptors (Lipinski definition) is 4. The molecule has 128 valence electrons. The van der Waals surface area contributed by atoms with Crippen LogP contribution in [0.3, 0.4) is 0 Å². The van der Waals surface area contributed by atoms with Crippen molar-refractivity contribution in [2.75, 3.05) is 47.5 Å². The number of likely N-dealkylation sites (N-methyl/N-ethyl adjacent to an activating group) is 1. The van der Waals surface area contributed by atoms with Crippen LogP contribution in [0.5, 0.6) is 5.75 Å². The van der Waals surface area contributed by atoms with Crippen LogP contribution < -0.4 is 4.74 Å². The van der Waals surface area contributed by atoms with Crippen molar-refractivity contribution in [3.8, 4) is 5.75 Å². The highest BCUT2D eigenvalue weighted by Gasteiger charge is 2.27. The number of halogens is 1. The normalized spacial score (nSPS) is 15.7. The topological polar surface area (TPSA) is 42.0 Å². The van der Waals surface area contributed by atoms with Crippen LogP contribution in [0.1, 0.15) is 23.2 Å². The van der Waals surface area contributed by atoms with Gasteiger partial charge in [-0.1, -0.05) is 0 Å². The van der Waals surface area contributed by atoms with E-state index < -0.39 is 0 Å². The predicted octanol–water partition coefficient (Wildman–Crippen LogP) is 2.64. The molecule has 1 saturated heterocycles. The van der Waals surface area contributed by atoms with Gasteiger partial charge in [0.2, 0.25) is 0 Å². The minimum atomic E-state index is 0.0459. The third kappa shape index (κ3) is 4.93. The summed E-state index contributed by atoms with van der Waals surface area (Å²) in [5.41, 5.74) is 0.648. The predicted molar refractivity (Wildman–Crippen MR) is 94.1 cm³/mol. The van der Waals surface area contributed by atoms with E-state index in [4.69, 9.17) is 9.47 Å². The maximum atomic E-state index is 13.1. The van der Waals surface area contributed by atoms with Gasteiger partial charge in [-0.25, -0.2) is 0 Å². The van der Waals surface area contributed by atoms with Gasteiger partial charge in [0.1, 0.15) is 5.75 Å². The van der Waals surface area contributed by atoms with Gasteiger partial charge in [0.05, 0.1) is 12.7 Å². The fourth-order valence-corrected chi connectivity index (χ4v) is 3.12. The van der Waals surface area contributed by atoms with Gasteiger partial charge < -0.3 is 19.3 Å². The first-order chi connectivity index (χ1) is 11.0. The molecule has 0 aliphatic carbocycles. The van der Waals surface area contributed by atoms with E-state index in [0.717, 1.165) is 37.1 Å². The Hall–Kier alpha value is -1.11. The van der Waals surface area contributed by atoms with Gasteiger partial charge >= 0.3 is 0 Å². The van der Waals surface area contributed by atoms with E-state index >= 15 is 0 Å². The Labute approximate surface area is 146 Å². The van der Waals surface area contributed by atoms with Gasteiger partial charge in [-0.05, 0) is 61.1 Å². The Kier molecular flexibility index (Phi) is 6.87. The number of amides is 1. The Morgan fingerprint density at radius 3 is 2.61 bits per heavy atom. The summed E-state index contributed by atoms with van der Waals surface area (Å²) in [6, 6.07) is 5.74. The maximum Gasteiger partial charge on any atom is 0.255 e. The first-order valence-corrected chi connectivity index (χ1v) is 8.69. The molecule has 1 aliphatic rings. The molecule has 0 atom stereocenters. The van der Waals surface area contributed by atoms with Crippen LogP contribution in [-0.4, -0.2) is 69.3 Å². The highest BCUT2D eigenvalue weighted by Crippen LogP contribution is 2.26. The molecule has 1 aromatic rings. The number of carbonyl (C=O) groups excluding carboxylic acids is 1. The summed E-state index contributed by atoms with van der Waals surface area (Å²) in [5, 5.41) is 0. The second-order valence-electron chi connectivity index (χ2n) is 5.99. The average Bonchev–Trinajstić information content (AvgIpc) is 2.56. The lowest BCUT2D eigenvalue weighted by Gasteiger charge is -2.35. The summed E-state index contributed by atoms with van der Waals surface area (Å²) in [5.74, 6) is 0.737. The van der Waals surface area contributed by atoms with E-state index in [1.165, 1.54) is 0 Å². The Morgan fingerprint density at radius 1 is 1.30 bits per heavy atom. The van der Waals surface area contributed by atoms with Crippen LogP contribution in [0, 0.1) is 0 Å². The number of hydrogen-bond donors (Lipinski definition) is 0. The minimum absolute atomic E-state index is 0.0459. The van der Waals surface area contributed by atoms with Crippen LogP contribution in [0.25, 0.3) is 0 Å². The molecule has 0 N–H and O–H groups in total. The van der Waals surface area contributed by atoms with Gasteiger partial charge in [0.15, 0.2) is 0 Å². The molecule has 1 amide bonds. The number of carbonyl (C=O) groups is 1. The molecule has 0 aromatic heterocycles. The zero-order valence-corrected chi connectivity index (χ0v) is 15.6. The third-order valence-corrected chi connectivity index (χ3v) is 4.78. The van der Waals surface area contributed by atoms with Crippen molar-refractivity contribution in [2.24, 2.45) is 0 Å². The van der Waals surface area contributed by atoms with Crippen molar-refractivity contribution in [3.05, 3.63) is 28.2 Å². The lowest BCUT2D eigenvalue weighted by atomic mass is 10.0. The Balaban J connectivity index is 2.24. The molecule has 6 heteroatoms. The summed E-state index contributed by atoms with van der Waals surface area (Å²) in [7, 11) is 5.65. The standard InChI is InChI=1S/C17H25BrN2O3/c1-19(2)8-9-20(13-6-10-23-11-7-13)17(21)15-12-14(22-3)4-5-16(15)18/h4-5,12-13H,6-11H2,1-3H3. The van der Waals surface area contributed by atoms with Crippen molar-refractivity contribution < 1.29 is 14.3 Å². The molecular formula is C17H25BrN2O3.